The Morgan fingerprint density at radius 2 is 1.59 bits per heavy atom. The van der Waals surface area contributed by atoms with E-state index in [0.717, 1.165) is 31.2 Å². The van der Waals surface area contributed by atoms with Crippen LogP contribution in [-0.2, 0) is 20.9 Å². The van der Waals surface area contributed by atoms with Gasteiger partial charge in [0.25, 0.3) is 0 Å². The average molecular weight is 467 g/mol. The smallest absolute Gasteiger partial charge is 0.204 e. The molecule has 0 aliphatic heterocycles. The molecule has 0 spiro atoms. The molecule has 0 saturated heterocycles. The summed E-state index contributed by atoms with van der Waals surface area (Å²) in [4.78, 5) is 12.9. The highest BCUT2D eigenvalue weighted by Crippen LogP contribution is 2.36. The maximum absolute atomic E-state index is 12.9. The molecule has 0 unspecified atom stereocenters. The van der Waals surface area contributed by atoms with Crippen molar-refractivity contribution in [2.45, 2.75) is 79.4 Å². The molecule has 2 rings (SSSR count). The topological polar surface area (TPSA) is 55.8 Å². The molecule has 0 bridgehead atoms. The molecule has 1 aromatic rings. The first-order valence-corrected chi connectivity index (χ1v) is 12.4. The second-order valence-corrected chi connectivity index (χ2v) is 9.63. The predicted molar refractivity (Wildman–Crippen MR) is 139 cm³/mol. The molecule has 0 aromatic heterocycles. The Morgan fingerprint density at radius 1 is 0.971 bits per heavy atom. The van der Waals surface area contributed by atoms with Crippen molar-refractivity contribution in [3.8, 4) is 0 Å². The second kappa shape index (κ2) is 14.0. The largest absolute Gasteiger partial charge is 0.490 e. The highest BCUT2D eigenvalue weighted by atomic mass is 16.5. The average Bonchev–Trinajstić information content (AvgIpc) is 2.81. The number of methoxy groups -OCH3 is 1. The molecule has 0 amide bonds. The third-order valence-corrected chi connectivity index (χ3v) is 6.48. The summed E-state index contributed by atoms with van der Waals surface area (Å²) in [6.07, 6.45) is 10.7. The number of rotatable bonds is 12. The van der Waals surface area contributed by atoms with Crippen LogP contribution in [0.15, 0.2) is 76.8 Å². The molecular weight excluding hydrogens is 424 g/mol. The number of hydrogen-bond acceptors (Lipinski definition) is 4. The Hall–Kier alpha value is -2.59. The highest BCUT2D eigenvalue weighted by molar-refractivity contribution is 5.97. The molecule has 4 heteroatoms. The van der Waals surface area contributed by atoms with Gasteiger partial charge in [0, 0.05) is 11.8 Å². The first kappa shape index (κ1) is 27.7. The molecule has 1 aliphatic carbocycles. The first-order chi connectivity index (χ1) is 16.2. The predicted octanol–water partition coefficient (Wildman–Crippen LogP) is 7.07. The molecule has 186 valence electrons. The molecule has 34 heavy (non-hydrogen) atoms. The maximum Gasteiger partial charge on any atom is 0.204 e. The zero-order valence-corrected chi connectivity index (χ0v) is 21.8. The first-order valence-electron chi connectivity index (χ1n) is 12.4. The minimum atomic E-state index is -0.882. The lowest BCUT2D eigenvalue weighted by Crippen LogP contribution is -2.40. The van der Waals surface area contributed by atoms with Crippen molar-refractivity contribution >= 4 is 5.78 Å². The Morgan fingerprint density at radius 3 is 2.21 bits per heavy atom. The van der Waals surface area contributed by atoms with E-state index in [1.807, 2.05) is 37.3 Å². The van der Waals surface area contributed by atoms with E-state index in [4.69, 9.17) is 9.47 Å². The summed E-state index contributed by atoms with van der Waals surface area (Å²) in [5, 5.41) is 11.1. The van der Waals surface area contributed by atoms with E-state index in [2.05, 4.69) is 45.9 Å². The van der Waals surface area contributed by atoms with Gasteiger partial charge < -0.3 is 14.6 Å². The number of ketones is 1. The van der Waals surface area contributed by atoms with Gasteiger partial charge in [0.15, 0.2) is 5.76 Å². The molecule has 0 heterocycles. The van der Waals surface area contributed by atoms with Crippen LogP contribution in [0.25, 0.3) is 0 Å². The molecule has 1 aliphatic rings. The monoisotopic (exact) mass is 466 g/mol. The summed E-state index contributed by atoms with van der Waals surface area (Å²) in [7, 11) is 1.46. The zero-order valence-electron chi connectivity index (χ0n) is 21.8. The molecular formula is C30H42O4. The van der Waals surface area contributed by atoms with E-state index < -0.39 is 6.10 Å². The quantitative estimate of drug-likeness (QED) is 0.335. The Labute approximate surface area is 206 Å². The minimum Gasteiger partial charge on any atom is -0.490 e. The fraction of sp³-hybridized carbons (Fsp3) is 0.500. The number of hydrogen-bond donors (Lipinski definition) is 1. The van der Waals surface area contributed by atoms with E-state index in [1.54, 1.807) is 0 Å². The van der Waals surface area contributed by atoms with Crippen LogP contribution in [0.4, 0.5) is 0 Å². The summed E-state index contributed by atoms with van der Waals surface area (Å²) >= 11 is 0. The summed E-state index contributed by atoms with van der Waals surface area (Å²) < 4.78 is 11.3. The van der Waals surface area contributed by atoms with Gasteiger partial charge in [0.1, 0.15) is 12.7 Å². The van der Waals surface area contributed by atoms with Gasteiger partial charge in [-0.25, -0.2) is 0 Å². The molecule has 0 radical (unpaired) electrons. The van der Waals surface area contributed by atoms with E-state index >= 15 is 0 Å². The number of aliphatic hydroxyl groups is 1. The summed E-state index contributed by atoms with van der Waals surface area (Å²) in [6.45, 7) is 10.7. The van der Waals surface area contributed by atoms with Crippen molar-refractivity contribution in [2.24, 2.45) is 11.8 Å². The number of benzene rings is 1. The van der Waals surface area contributed by atoms with E-state index in [1.165, 1.54) is 23.8 Å². The third kappa shape index (κ3) is 8.32. The lowest BCUT2D eigenvalue weighted by molar-refractivity contribution is -0.128. The number of allylic oxidation sites excluding steroid dienone is 7. The van der Waals surface area contributed by atoms with Gasteiger partial charge in [0.05, 0.1) is 7.11 Å². The summed E-state index contributed by atoms with van der Waals surface area (Å²) in [5.74, 6) is -0.298. The molecule has 0 fully saturated rings. The van der Waals surface area contributed by atoms with Crippen LogP contribution < -0.4 is 0 Å². The minimum absolute atomic E-state index is 0.109. The van der Waals surface area contributed by atoms with Gasteiger partial charge in [0.2, 0.25) is 11.5 Å². The number of aliphatic hydroxyl groups excluding tert-OH is 1. The van der Waals surface area contributed by atoms with Gasteiger partial charge in [-0.2, -0.15) is 0 Å². The van der Waals surface area contributed by atoms with Crippen LogP contribution in [0, 0.1) is 11.8 Å². The standard InChI is InChI=1S/C30H42O4/c1-21(2)12-10-13-22(3)14-11-15-23(4)18-19-26-24(5)27(31)29(33-6)30(28(26)32)34-20-25-16-8-7-9-17-25/h7-9,12,14,16-18,24,26,28,32H,10-11,13,15,19-20H2,1-6H3/b22-14+,23-18+/t24-,26-,28-/m0/s1. The van der Waals surface area contributed by atoms with Gasteiger partial charge in [-0.05, 0) is 65.4 Å². The number of carbonyl (C=O) groups excluding carboxylic acids is 1. The Kier molecular flexibility index (Phi) is 11.4. The number of ether oxygens (including phenoxy) is 2. The molecule has 4 nitrogen and oxygen atoms in total. The Balaban J connectivity index is 2.00. The van der Waals surface area contributed by atoms with Crippen molar-refractivity contribution in [3.63, 3.8) is 0 Å². The lowest BCUT2D eigenvalue weighted by Gasteiger charge is -2.34. The normalized spacial score (nSPS) is 21.5. The van der Waals surface area contributed by atoms with Crippen molar-refractivity contribution in [1.29, 1.82) is 0 Å². The van der Waals surface area contributed by atoms with Crippen LogP contribution in [0.1, 0.15) is 72.3 Å². The van der Waals surface area contributed by atoms with Crippen molar-refractivity contribution in [2.75, 3.05) is 7.11 Å². The van der Waals surface area contributed by atoms with Crippen molar-refractivity contribution in [1.82, 2.24) is 0 Å². The number of carbonyl (C=O) groups is 1. The fourth-order valence-electron chi connectivity index (χ4n) is 4.22. The Bertz CT molecular complexity index is 916. The van der Waals surface area contributed by atoms with Gasteiger partial charge in [-0.1, -0.05) is 72.2 Å². The van der Waals surface area contributed by atoms with Crippen LogP contribution in [0.3, 0.4) is 0 Å². The SMILES string of the molecule is COC1=C(OCc2ccccc2)[C@@H](O)[C@@H](C/C=C(\C)CC/C=C(\C)CCC=C(C)C)[C@H](C)C1=O. The van der Waals surface area contributed by atoms with Crippen molar-refractivity contribution in [3.05, 3.63) is 82.4 Å². The molecule has 0 saturated carbocycles. The van der Waals surface area contributed by atoms with Crippen LogP contribution in [-0.4, -0.2) is 24.1 Å². The van der Waals surface area contributed by atoms with E-state index in [-0.39, 0.29) is 35.7 Å². The molecule has 1 aromatic carbocycles. The van der Waals surface area contributed by atoms with Crippen LogP contribution >= 0.6 is 0 Å². The summed E-state index contributed by atoms with van der Waals surface area (Å²) in [5.41, 5.74) is 5.03. The molecule has 1 N–H and O–H groups in total. The van der Waals surface area contributed by atoms with Crippen molar-refractivity contribution < 1.29 is 19.4 Å². The fourth-order valence-corrected chi connectivity index (χ4v) is 4.22. The van der Waals surface area contributed by atoms with Gasteiger partial charge >= 0.3 is 0 Å². The van der Waals surface area contributed by atoms with E-state index in [0.29, 0.717) is 6.42 Å². The highest BCUT2D eigenvalue weighted by Gasteiger charge is 2.42. The van der Waals surface area contributed by atoms with Gasteiger partial charge in [-0.15, -0.1) is 0 Å². The van der Waals surface area contributed by atoms with E-state index in [9.17, 15) is 9.90 Å². The number of Topliss-reactive ketones (excluding diaryl/α,β-unsaturated/α-hetero) is 1. The second-order valence-electron chi connectivity index (χ2n) is 9.63. The third-order valence-electron chi connectivity index (χ3n) is 6.48. The lowest BCUT2D eigenvalue weighted by atomic mass is 9.77. The zero-order chi connectivity index (χ0) is 25.1. The van der Waals surface area contributed by atoms with Crippen LogP contribution in [0.2, 0.25) is 0 Å². The summed E-state index contributed by atoms with van der Waals surface area (Å²) in [6, 6.07) is 9.72. The molecule has 3 atom stereocenters. The van der Waals surface area contributed by atoms with Gasteiger partial charge in [-0.3, -0.25) is 4.79 Å². The van der Waals surface area contributed by atoms with Crippen LogP contribution in [0.5, 0.6) is 0 Å². The maximum atomic E-state index is 12.9.